The number of imide groups is 1. The summed E-state index contributed by atoms with van der Waals surface area (Å²) < 4.78 is 55.1. The number of amides is 2. The number of rotatable bonds is 11. The summed E-state index contributed by atoms with van der Waals surface area (Å²) in [5.74, 6) is 0.0184. The van der Waals surface area contributed by atoms with Crippen molar-refractivity contribution in [1.29, 1.82) is 0 Å². The molecule has 0 unspecified atom stereocenters. The Morgan fingerprint density at radius 3 is 2.07 bits per heavy atom. The van der Waals surface area contributed by atoms with E-state index in [0.29, 0.717) is 64.4 Å². The van der Waals surface area contributed by atoms with Gasteiger partial charge < -0.3 is 14.4 Å². The maximum absolute atomic E-state index is 14.1. The highest BCUT2D eigenvalue weighted by atomic mass is 19.4. The minimum absolute atomic E-state index is 0.150. The lowest BCUT2D eigenvalue weighted by Gasteiger charge is -2.28. The highest BCUT2D eigenvalue weighted by Crippen LogP contribution is 2.39. The molecule has 4 aromatic rings. The lowest BCUT2D eigenvalue weighted by Crippen LogP contribution is -2.43. The van der Waals surface area contributed by atoms with Crippen molar-refractivity contribution in [3.63, 3.8) is 0 Å². The zero-order valence-electron chi connectivity index (χ0n) is 24.5. The molecule has 1 aromatic heterocycles. The third-order valence-corrected chi connectivity index (χ3v) is 7.09. The normalized spacial score (nSPS) is 13.3. The van der Waals surface area contributed by atoms with Crippen molar-refractivity contribution in [2.75, 3.05) is 40.4 Å². The maximum atomic E-state index is 14.1. The summed E-state index contributed by atoms with van der Waals surface area (Å²) in [4.78, 5) is 29.9. The first kappa shape index (κ1) is 30.1. The molecule has 0 saturated heterocycles. The molecule has 226 valence electrons. The van der Waals surface area contributed by atoms with E-state index in [1.54, 1.807) is 48.5 Å². The van der Waals surface area contributed by atoms with E-state index in [-0.39, 0.29) is 12.2 Å². The van der Waals surface area contributed by atoms with Crippen molar-refractivity contribution in [2.24, 2.45) is 0 Å². The van der Waals surface area contributed by atoms with Crippen LogP contribution >= 0.6 is 0 Å². The molecule has 2 heterocycles. The van der Waals surface area contributed by atoms with E-state index >= 15 is 0 Å². The number of nitrogens with zero attached hydrogens (tertiary/aromatic N) is 4. The van der Waals surface area contributed by atoms with Gasteiger partial charge in [-0.2, -0.15) is 18.3 Å². The largest absolute Gasteiger partial charge is 0.493 e. The van der Waals surface area contributed by atoms with Gasteiger partial charge in [-0.3, -0.25) is 14.5 Å². The second kappa shape index (κ2) is 12.1. The molecule has 0 spiro atoms. The molecular formula is C32H33F3N4O4. The molecule has 1 aliphatic heterocycles. The number of hydrogen-bond donors (Lipinski definition) is 0. The zero-order chi connectivity index (χ0) is 30.9. The van der Waals surface area contributed by atoms with Crippen molar-refractivity contribution in [2.45, 2.75) is 32.9 Å². The molecule has 5 rings (SSSR count). The van der Waals surface area contributed by atoms with Gasteiger partial charge in [0.05, 0.1) is 24.6 Å². The number of carbonyl (C=O) groups excluding carboxylic acids is 2. The number of aromatic nitrogens is 2. The van der Waals surface area contributed by atoms with Gasteiger partial charge in [-0.25, -0.2) is 4.68 Å². The quantitative estimate of drug-likeness (QED) is 0.186. The van der Waals surface area contributed by atoms with Crippen LogP contribution in [-0.2, 0) is 6.18 Å². The molecule has 0 atom stereocenters. The van der Waals surface area contributed by atoms with Gasteiger partial charge >= 0.3 is 6.18 Å². The predicted molar refractivity (Wildman–Crippen MR) is 157 cm³/mol. The lowest BCUT2D eigenvalue weighted by atomic mass is 9.93. The molecule has 0 radical (unpaired) electrons. The van der Waals surface area contributed by atoms with Crippen LogP contribution in [0.3, 0.4) is 0 Å². The van der Waals surface area contributed by atoms with Crippen LogP contribution in [0, 0.1) is 0 Å². The highest BCUT2D eigenvalue weighted by Gasteiger charge is 2.37. The molecule has 0 saturated carbocycles. The van der Waals surface area contributed by atoms with E-state index < -0.39 is 23.7 Å². The smallest absolute Gasteiger partial charge is 0.435 e. The van der Waals surface area contributed by atoms with Crippen LogP contribution in [-0.4, -0.2) is 71.8 Å². The molecule has 3 aromatic carbocycles. The molecule has 0 aliphatic carbocycles. The van der Waals surface area contributed by atoms with Crippen molar-refractivity contribution in [1.82, 2.24) is 19.6 Å². The molecular weight excluding hydrogens is 561 g/mol. The third-order valence-electron chi connectivity index (χ3n) is 7.09. The average molecular weight is 595 g/mol. The van der Waals surface area contributed by atoms with Crippen molar-refractivity contribution < 1.29 is 32.2 Å². The molecule has 1 aliphatic rings. The predicted octanol–water partition coefficient (Wildman–Crippen LogP) is 6.45. The number of ether oxygens (including phenoxy) is 2. The molecule has 0 bridgehead atoms. The van der Waals surface area contributed by atoms with Gasteiger partial charge in [0.2, 0.25) is 0 Å². The summed E-state index contributed by atoms with van der Waals surface area (Å²) >= 11 is 0. The number of halogens is 3. The number of benzene rings is 3. The first-order chi connectivity index (χ1) is 20.5. The molecule has 0 N–H and O–H groups in total. The lowest BCUT2D eigenvalue weighted by molar-refractivity contribution is -0.141. The van der Waals surface area contributed by atoms with Crippen molar-refractivity contribution in [3.8, 4) is 28.4 Å². The van der Waals surface area contributed by atoms with Gasteiger partial charge in [-0.05, 0) is 63.3 Å². The standard InChI is InChI=1S/C32H33F3N4O4/c1-5-14-42-21-16-20(17-22(18-21)43-15-6-2)27-19-28(32(33,34)35)36-39(27)26-11-10-25-29-23(26)8-7-9-24(29)30(40)38(31(25)41)13-12-37(3)4/h7-11,16-19H,5-6,12-15H2,1-4H3. The SMILES string of the molecule is CCCOc1cc(OCCC)cc(-c2cc(C(F)(F)F)nn2-c2ccc3c4c(cccc24)C(=O)N(CCN(C)C)C3=O)c1. The zero-order valence-corrected chi connectivity index (χ0v) is 24.5. The Hall–Kier alpha value is -4.38. The fraction of sp³-hybridized carbons (Fsp3) is 0.344. The topological polar surface area (TPSA) is 76.9 Å². The van der Waals surface area contributed by atoms with Gasteiger partial charge in [-0.1, -0.05) is 26.0 Å². The number of likely N-dealkylation sites (N-methyl/N-ethyl adjacent to an activating group) is 1. The molecule has 2 amide bonds. The maximum Gasteiger partial charge on any atom is 0.435 e. The fourth-order valence-electron chi connectivity index (χ4n) is 5.05. The van der Waals surface area contributed by atoms with Crippen LogP contribution in [0.5, 0.6) is 11.5 Å². The summed E-state index contributed by atoms with van der Waals surface area (Å²) in [7, 11) is 3.70. The van der Waals surface area contributed by atoms with E-state index in [4.69, 9.17) is 9.47 Å². The van der Waals surface area contributed by atoms with Crippen LogP contribution in [0.25, 0.3) is 27.7 Å². The van der Waals surface area contributed by atoms with E-state index in [1.165, 1.54) is 9.58 Å². The Balaban J connectivity index is 1.70. The Morgan fingerprint density at radius 2 is 1.49 bits per heavy atom. The summed E-state index contributed by atoms with van der Waals surface area (Å²) in [6, 6.07) is 14.1. The van der Waals surface area contributed by atoms with Gasteiger partial charge in [0.15, 0.2) is 5.69 Å². The van der Waals surface area contributed by atoms with E-state index in [1.807, 2.05) is 32.8 Å². The first-order valence-electron chi connectivity index (χ1n) is 14.2. The summed E-state index contributed by atoms with van der Waals surface area (Å²) in [5, 5.41) is 4.81. The summed E-state index contributed by atoms with van der Waals surface area (Å²) in [6.07, 6.45) is -3.23. The molecule has 11 heteroatoms. The van der Waals surface area contributed by atoms with E-state index in [2.05, 4.69) is 5.10 Å². The monoisotopic (exact) mass is 594 g/mol. The second-order valence-electron chi connectivity index (χ2n) is 10.6. The van der Waals surface area contributed by atoms with Crippen LogP contribution in [0.15, 0.2) is 54.6 Å². The minimum atomic E-state index is -4.72. The van der Waals surface area contributed by atoms with E-state index in [0.717, 1.165) is 18.9 Å². The summed E-state index contributed by atoms with van der Waals surface area (Å²) in [5.41, 5.74) is 0.387. The van der Waals surface area contributed by atoms with Crippen LogP contribution in [0.4, 0.5) is 13.2 Å². The van der Waals surface area contributed by atoms with Crippen LogP contribution < -0.4 is 9.47 Å². The first-order valence-corrected chi connectivity index (χ1v) is 14.2. The highest BCUT2D eigenvalue weighted by molar-refractivity contribution is 6.26. The minimum Gasteiger partial charge on any atom is -0.493 e. The summed E-state index contributed by atoms with van der Waals surface area (Å²) in [6.45, 7) is 5.45. The number of hydrogen-bond acceptors (Lipinski definition) is 6. The number of alkyl halides is 3. The Bertz CT molecular complexity index is 1630. The third kappa shape index (κ3) is 5.94. The van der Waals surface area contributed by atoms with E-state index in [9.17, 15) is 22.8 Å². The Morgan fingerprint density at radius 1 is 0.860 bits per heavy atom. The van der Waals surface area contributed by atoms with Gasteiger partial charge in [0.25, 0.3) is 11.8 Å². The molecule has 0 fully saturated rings. The fourth-order valence-corrected chi connectivity index (χ4v) is 5.05. The van der Waals surface area contributed by atoms with Crippen LogP contribution in [0.2, 0.25) is 0 Å². The molecule has 43 heavy (non-hydrogen) atoms. The number of carbonyl (C=O) groups is 2. The average Bonchev–Trinajstić information content (AvgIpc) is 3.43. The van der Waals surface area contributed by atoms with Crippen molar-refractivity contribution >= 4 is 22.6 Å². The Kier molecular flexibility index (Phi) is 8.45. The molecule has 8 nitrogen and oxygen atoms in total. The Labute approximate surface area is 247 Å². The van der Waals surface area contributed by atoms with Gasteiger partial charge in [0.1, 0.15) is 11.5 Å². The van der Waals surface area contributed by atoms with Gasteiger partial charge in [0, 0.05) is 46.6 Å². The second-order valence-corrected chi connectivity index (χ2v) is 10.6. The van der Waals surface area contributed by atoms with Crippen LogP contribution in [0.1, 0.15) is 53.1 Å². The van der Waals surface area contributed by atoms with Gasteiger partial charge in [-0.15, -0.1) is 0 Å². The van der Waals surface area contributed by atoms with Crippen molar-refractivity contribution in [3.05, 3.63) is 71.4 Å².